The van der Waals surface area contributed by atoms with Gasteiger partial charge in [0, 0.05) is 22.0 Å². The maximum Gasteiger partial charge on any atom is 0.291 e. The number of nitrogens with zero attached hydrogens (tertiary/aromatic N) is 3. The molecule has 5 rings (SSSR count). The van der Waals surface area contributed by atoms with Crippen LogP contribution >= 0.6 is 50.5 Å². The van der Waals surface area contributed by atoms with E-state index in [1.165, 1.54) is 15.9 Å². The molecule has 4 aromatic rings. The van der Waals surface area contributed by atoms with Crippen molar-refractivity contribution in [3.8, 4) is 11.3 Å². The molecule has 0 unspecified atom stereocenters. The van der Waals surface area contributed by atoms with E-state index in [0.717, 1.165) is 15.8 Å². The predicted molar refractivity (Wildman–Crippen MR) is 128 cm³/mol. The topological polar surface area (TPSA) is 60.4 Å². The van der Waals surface area contributed by atoms with E-state index < -0.39 is 0 Å². The number of hydrogen-bond donors (Lipinski definition) is 0. The fourth-order valence-electron chi connectivity index (χ4n) is 3.93. The number of halogens is 3. The molecule has 0 radical (unpaired) electrons. The van der Waals surface area contributed by atoms with Gasteiger partial charge in [-0.3, -0.25) is 4.79 Å². The molecule has 0 N–H and O–H groups in total. The Bertz CT molecular complexity index is 1430. The molecule has 0 bridgehead atoms. The summed E-state index contributed by atoms with van der Waals surface area (Å²) in [6.45, 7) is 4.23. The van der Waals surface area contributed by atoms with Crippen molar-refractivity contribution >= 4 is 61.5 Å². The number of benzene rings is 1. The molecule has 0 saturated heterocycles. The van der Waals surface area contributed by atoms with E-state index in [1.807, 2.05) is 42.5 Å². The molecule has 1 aliphatic rings. The maximum atomic E-state index is 12.9. The van der Waals surface area contributed by atoms with Crippen molar-refractivity contribution in [3.63, 3.8) is 0 Å². The number of thiazole rings is 1. The molecule has 1 aliphatic carbocycles. The molecular weight excluding hydrogens is 521 g/mol. The molecule has 1 fully saturated rings. The number of hydrogen-bond acceptors (Lipinski definition) is 5. The fraction of sp³-hybridized carbons (Fsp3) is 0.227. The predicted octanol–water partition coefficient (Wildman–Crippen LogP) is 5.78. The Labute approximate surface area is 200 Å². The lowest BCUT2D eigenvalue weighted by molar-refractivity contribution is 0.571. The molecule has 3 aromatic heterocycles. The lowest BCUT2D eigenvalue weighted by Crippen LogP contribution is -2.23. The molecular formula is C22H16BrCl2N3O2S. The molecule has 1 saturated carbocycles. The third-order valence-electron chi connectivity index (χ3n) is 5.72. The number of aromatic nitrogens is 3. The first-order valence-corrected chi connectivity index (χ1v) is 11.9. The van der Waals surface area contributed by atoms with Crippen LogP contribution in [0.4, 0.5) is 0 Å². The van der Waals surface area contributed by atoms with Gasteiger partial charge >= 0.3 is 0 Å². The van der Waals surface area contributed by atoms with Crippen molar-refractivity contribution in [2.45, 2.75) is 19.8 Å². The third kappa shape index (κ3) is 3.78. The highest BCUT2D eigenvalue weighted by Gasteiger charge is 2.59. The normalized spacial score (nSPS) is 20.4. The van der Waals surface area contributed by atoms with Crippen molar-refractivity contribution in [2.24, 2.45) is 11.3 Å². The highest BCUT2D eigenvalue weighted by atomic mass is 79.9. The summed E-state index contributed by atoms with van der Waals surface area (Å²) in [5, 5.41) is 4.48. The minimum atomic E-state index is -0.207. The van der Waals surface area contributed by atoms with Gasteiger partial charge in [-0.2, -0.15) is 4.52 Å². The maximum absolute atomic E-state index is 12.9. The summed E-state index contributed by atoms with van der Waals surface area (Å²) in [5.74, 6) is 2.21. The van der Waals surface area contributed by atoms with Gasteiger partial charge in [0.05, 0.1) is 0 Å². The molecule has 158 valence electrons. The number of fused-ring (bicyclic) bond motifs is 1. The van der Waals surface area contributed by atoms with Gasteiger partial charge in [0.25, 0.3) is 5.56 Å². The Morgan fingerprint density at radius 1 is 1.23 bits per heavy atom. The van der Waals surface area contributed by atoms with E-state index in [4.69, 9.17) is 27.6 Å². The van der Waals surface area contributed by atoms with E-state index in [0.29, 0.717) is 21.1 Å². The van der Waals surface area contributed by atoms with Crippen LogP contribution in [0.15, 0.2) is 60.7 Å². The highest BCUT2D eigenvalue weighted by molar-refractivity contribution is 9.10. The standard InChI is InChI=1S/C22H16BrCl2N3O2S/c1-22(2)14(10-17(24)25)18(22)19-26-21-28(27-19)20(29)16(31-21)9-13-7-8-15(30-13)11-3-5-12(23)6-4-11/h3-10,14,18H,1-2H3/b16-9+/t14-,18+/m1/s1. The summed E-state index contributed by atoms with van der Waals surface area (Å²) in [7, 11) is 0. The average Bonchev–Trinajstić information content (AvgIpc) is 3.17. The van der Waals surface area contributed by atoms with Crippen LogP contribution in [0.2, 0.25) is 0 Å². The summed E-state index contributed by atoms with van der Waals surface area (Å²) < 4.78 is 9.03. The van der Waals surface area contributed by atoms with Gasteiger partial charge < -0.3 is 4.42 Å². The van der Waals surface area contributed by atoms with Gasteiger partial charge in [0.1, 0.15) is 20.5 Å². The minimum absolute atomic E-state index is 0.0539. The van der Waals surface area contributed by atoms with Gasteiger partial charge in [0.15, 0.2) is 5.82 Å². The molecule has 5 nitrogen and oxygen atoms in total. The van der Waals surface area contributed by atoms with Gasteiger partial charge in [-0.05, 0) is 41.7 Å². The van der Waals surface area contributed by atoms with Crippen LogP contribution in [0.1, 0.15) is 31.4 Å². The van der Waals surface area contributed by atoms with Crippen LogP contribution in [0, 0.1) is 11.3 Å². The summed E-state index contributed by atoms with van der Waals surface area (Å²) >= 11 is 16.4. The second kappa shape index (κ2) is 7.59. The summed E-state index contributed by atoms with van der Waals surface area (Å²) in [4.78, 5) is 18.0. The van der Waals surface area contributed by atoms with E-state index in [9.17, 15) is 4.79 Å². The largest absolute Gasteiger partial charge is 0.457 e. The molecule has 0 amide bonds. The molecule has 9 heteroatoms. The first-order valence-electron chi connectivity index (χ1n) is 9.54. The van der Waals surface area contributed by atoms with Gasteiger partial charge in [-0.15, -0.1) is 5.10 Å². The Hall–Kier alpha value is -1.93. The molecule has 1 aromatic carbocycles. The minimum Gasteiger partial charge on any atom is -0.457 e. The molecule has 0 aliphatic heterocycles. The van der Waals surface area contributed by atoms with Crippen LogP contribution in [0.3, 0.4) is 0 Å². The summed E-state index contributed by atoms with van der Waals surface area (Å²) in [5.41, 5.74) is 0.702. The highest BCUT2D eigenvalue weighted by Crippen LogP contribution is 2.64. The second-order valence-electron chi connectivity index (χ2n) is 8.07. The number of furan rings is 1. The Morgan fingerprint density at radius 2 is 1.97 bits per heavy atom. The van der Waals surface area contributed by atoms with Gasteiger partial charge in [-0.1, -0.05) is 76.4 Å². The third-order valence-corrected chi connectivity index (χ3v) is 7.46. The van der Waals surface area contributed by atoms with Crippen molar-refractivity contribution < 1.29 is 4.42 Å². The number of rotatable bonds is 4. The Kier molecular flexibility index (Phi) is 5.13. The Morgan fingerprint density at radius 3 is 2.65 bits per heavy atom. The van der Waals surface area contributed by atoms with Gasteiger partial charge in [0.2, 0.25) is 4.96 Å². The monoisotopic (exact) mass is 535 g/mol. The number of allylic oxidation sites excluding steroid dienone is 1. The molecule has 3 heterocycles. The molecule has 31 heavy (non-hydrogen) atoms. The van der Waals surface area contributed by atoms with E-state index in [2.05, 4.69) is 39.9 Å². The fourth-order valence-corrected chi connectivity index (χ4v) is 5.36. The SMILES string of the molecule is CC1(C)[C@H](C=C(Cl)Cl)[C@H]1c1nc2s/c(=C/c3ccc(-c4ccc(Br)cc4)o3)c(=O)n2n1. The van der Waals surface area contributed by atoms with Crippen LogP contribution in [0.5, 0.6) is 0 Å². The van der Waals surface area contributed by atoms with E-state index in [-0.39, 0.29) is 27.3 Å². The lowest BCUT2D eigenvalue weighted by atomic mass is 10.1. The van der Waals surface area contributed by atoms with Gasteiger partial charge in [-0.25, -0.2) is 4.98 Å². The van der Waals surface area contributed by atoms with E-state index >= 15 is 0 Å². The second-order valence-corrected chi connectivity index (χ2v) is 11.0. The van der Waals surface area contributed by atoms with Crippen LogP contribution < -0.4 is 10.1 Å². The summed E-state index contributed by atoms with van der Waals surface area (Å²) in [6, 6.07) is 11.6. The quantitative estimate of drug-likeness (QED) is 0.331. The van der Waals surface area contributed by atoms with Crippen LogP contribution in [0.25, 0.3) is 22.4 Å². The average molecular weight is 537 g/mol. The molecule has 2 atom stereocenters. The Balaban J connectivity index is 1.46. The van der Waals surface area contributed by atoms with Crippen LogP contribution in [-0.4, -0.2) is 14.6 Å². The van der Waals surface area contributed by atoms with Crippen molar-refractivity contribution in [1.29, 1.82) is 0 Å². The summed E-state index contributed by atoms with van der Waals surface area (Å²) in [6.07, 6.45) is 3.55. The zero-order chi connectivity index (χ0) is 21.9. The first kappa shape index (κ1) is 20.9. The van der Waals surface area contributed by atoms with Crippen molar-refractivity contribution in [1.82, 2.24) is 14.6 Å². The lowest BCUT2D eigenvalue weighted by Gasteiger charge is -1.97. The molecule has 0 spiro atoms. The van der Waals surface area contributed by atoms with Crippen molar-refractivity contribution in [3.05, 3.63) is 77.9 Å². The zero-order valence-electron chi connectivity index (χ0n) is 16.5. The van der Waals surface area contributed by atoms with E-state index in [1.54, 1.807) is 6.08 Å². The first-order chi connectivity index (χ1) is 14.7. The van der Waals surface area contributed by atoms with Crippen LogP contribution in [-0.2, 0) is 0 Å². The smallest absolute Gasteiger partial charge is 0.291 e. The zero-order valence-corrected chi connectivity index (χ0v) is 20.4. The van der Waals surface area contributed by atoms with Crippen molar-refractivity contribution in [2.75, 3.05) is 0 Å².